The second kappa shape index (κ2) is 7.75. The Hall–Kier alpha value is -2.14. The zero-order valence-electron chi connectivity index (χ0n) is 12.8. The maximum atomic E-state index is 12.0. The molecular weight excluding hydrogens is 296 g/mol. The van der Waals surface area contributed by atoms with Crippen LogP contribution in [-0.2, 0) is 16.0 Å². The summed E-state index contributed by atoms with van der Waals surface area (Å²) in [7, 11) is 0. The Morgan fingerprint density at radius 3 is 2.50 bits per heavy atom. The van der Waals surface area contributed by atoms with Gasteiger partial charge in [-0.25, -0.2) is 0 Å². The molecule has 1 heterocycles. The maximum absolute atomic E-state index is 12.0. The van der Waals surface area contributed by atoms with Crippen molar-refractivity contribution in [3.05, 3.63) is 46.7 Å². The number of hydrogen-bond donors (Lipinski definition) is 2. The number of hydrogen-bond acceptors (Lipinski definition) is 3. The van der Waals surface area contributed by atoms with Gasteiger partial charge in [0, 0.05) is 23.7 Å². The van der Waals surface area contributed by atoms with Crippen molar-refractivity contribution < 1.29 is 9.59 Å². The van der Waals surface area contributed by atoms with Gasteiger partial charge in [-0.3, -0.25) is 9.59 Å². The molecule has 0 spiro atoms. The third-order valence-electron chi connectivity index (χ3n) is 3.16. The van der Waals surface area contributed by atoms with E-state index in [2.05, 4.69) is 16.0 Å². The number of anilines is 2. The van der Waals surface area contributed by atoms with E-state index in [1.807, 2.05) is 37.4 Å². The molecule has 4 nitrogen and oxygen atoms in total. The van der Waals surface area contributed by atoms with E-state index in [1.165, 1.54) is 5.56 Å². The minimum absolute atomic E-state index is 0.0291. The molecule has 0 saturated carbocycles. The highest BCUT2D eigenvalue weighted by Crippen LogP contribution is 2.16. The first-order chi connectivity index (χ1) is 10.5. The van der Waals surface area contributed by atoms with Gasteiger partial charge >= 0.3 is 0 Å². The lowest BCUT2D eigenvalue weighted by atomic mass is 10.2. The van der Waals surface area contributed by atoms with Gasteiger partial charge in [0.2, 0.25) is 11.8 Å². The Morgan fingerprint density at radius 2 is 1.86 bits per heavy atom. The smallest absolute Gasteiger partial charge is 0.226 e. The first kappa shape index (κ1) is 16.2. The maximum Gasteiger partial charge on any atom is 0.226 e. The van der Waals surface area contributed by atoms with Gasteiger partial charge in [-0.05, 0) is 47.0 Å². The summed E-state index contributed by atoms with van der Waals surface area (Å²) in [6, 6.07) is 9.22. The van der Waals surface area contributed by atoms with Crippen LogP contribution in [0.1, 0.15) is 25.8 Å². The third-order valence-corrected chi connectivity index (χ3v) is 3.89. The van der Waals surface area contributed by atoms with Crippen LogP contribution >= 0.6 is 11.3 Å². The number of carbonyl (C=O) groups excluding carboxylic acids is 2. The zero-order chi connectivity index (χ0) is 15.9. The first-order valence-electron chi connectivity index (χ1n) is 7.26. The van der Waals surface area contributed by atoms with E-state index in [0.29, 0.717) is 17.8 Å². The Labute approximate surface area is 134 Å². The number of amides is 2. The number of nitrogens with one attached hydrogen (secondary N) is 2. The highest BCUT2D eigenvalue weighted by molar-refractivity contribution is 7.07. The lowest BCUT2D eigenvalue weighted by Gasteiger charge is -2.10. The summed E-state index contributed by atoms with van der Waals surface area (Å²) in [5, 5.41) is 9.74. The largest absolute Gasteiger partial charge is 0.326 e. The van der Waals surface area contributed by atoms with Crippen LogP contribution < -0.4 is 10.6 Å². The molecule has 0 aliphatic heterocycles. The highest BCUT2D eigenvalue weighted by Gasteiger charge is 2.08. The van der Waals surface area contributed by atoms with Crippen molar-refractivity contribution in [2.75, 3.05) is 10.6 Å². The SMILES string of the molecule is CC(C)C(=O)Nc1cccc(NC(=O)CCc2ccsc2)c1. The van der Waals surface area contributed by atoms with Crippen molar-refractivity contribution in [3.8, 4) is 0 Å². The van der Waals surface area contributed by atoms with E-state index >= 15 is 0 Å². The van der Waals surface area contributed by atoms with Crippen LogP contribution in [0.4, 0.5) is 11.4 Å². The molecule has 2 amide bonds. The van der Waals surface area contributed by atoms with Crippen LogP contribution in [0.3, 0.4) is 0 Å². The fourth-order valence-corrected chi connectivity index (χ4v) is 2.58. The molecule has 22 heavy (non-hydrogen) atoms. The van der Waals surface area contributed by atoms with Gasteiger partial charge in [0.1, 0.15) is 0 Å². The van der Waals surface area contributed by atoms with Crippen LogP contribution in [-0.4, -0.2) is 11.8 Å². The highest BCUT2D eigenvalue weighted by atomic mass is 32.1. The molecule has 0 fully saturated rings. The van der Waals surface area contributed by atoms with E-state index in [1.54, 1.807) is 23.5 Å². The van der Waals surface area contributed by atoms with Crippen molar-refractivity contribution in [1.82, 2.24) is 0 Å². The molecule has 1 aromatic carbocycles. The third kappa shape index (κ3) is 5.00. The van der Waals surface area contributed by atoms with Gasteiger partial charge in [-0.1, -0.05) is 19.9 Å². The van der Waals surface area contributed by atoms with E-state index in [4.69, 9.17) is 0 Å². The molecular formula is C17H20N2O2S. The summed E-state index contributed by atoms with van der Waals surface area (Å²) in [6.45, 7) is 3.68. The molecule has 0 radical (unpaired) electrons. The molecule has 0 aliphatic carbocycles. The van der Waals surface area contributed by atoms with Crippen LogP contribution in [0.2, 0.25) is 0 Å². The predicted octanol–water partition coefficient (Wildman–Crippen LogP) is 3.91. The number of rotatable bonds is 6. The number of thiophene rings is 1. The minimum Gasteiger partial charge on any atom is -0.326 e. The van der Waals surface area contributed by atoms with E-state index < -0.39 is 0 Å². The van der Waals surface area contributed by atoms with Gasteiger partial charge in [-0.2, -0.15) is 11.3 Å². The molecule has 0 saturated heterocycles. The van der Waals surface area contributed by atoms with Crippen molar-refractivity contribution >= 4 is 34.5 Å². The fraction of sp³-hybridized carbons (Fsp3) is 0.294. The number of carbonyl (C=O) groups is 2. The summed E-state index contributed by atoms with van der Waals surface area (Å²) in [6.07, 6.45) is 1.18. The minimum atomic E-state index is -0.0798. The summed E-state index contributed by atoms with van der Waals surface area (Å²) >= 11 is 1.63. The van der Waals surface area contributed by atoms with E-state index in [0.717, 1.165) is 6.42 Å². The molecule has 2 aromatic rings. The van der Waals surface area contributed by atoms with Crippen molar-refractivity contribution in [2.45, 2.75) is 26.7 Å². The molecule has 2 rings (SSSR count). The van der Waals surface area contributed by atoms with E-state index in [9.17, 15) is 9.59 Å². The van der Waals surface area contributed by atoms with Crippen molar-refractivity contribution in [1.29, 1.82) is 0 Å². The van der Waals surface area contributed by atoms with Crippen molar-refractivity contribution in [3.63, 3.8) is 0 Å². The number of benzene rings is 1. The van der Waals surface area contributed by atoms with Gasteiger partial charge in [0.15, 0.2) is 0 Å². The van der Waals surface area contributed by atoms with E-state index in [-0.39, 0.29) is 17.7 Å². The standard InChI is InChI=1S/C17H20N2O2S/c1-12(2)17(21)19-15-5-3-4-14(10-15)18-16(20)7-6-13-8-9-22-11-13/h3-5,8-12H,6-7H2,1-2H3,(H,18,20)(H,19,21). The van der Waals surface area contributed by atoms with Gasteiger partial charge in [0.25, 0.3) is 0 Å². The zero-order valence-corrected chi connectivity index (χ0v) is 13.6. The van der Waals surface area contributed by atoms with Gasteiger partial charge < -0.3 is 10.6 Å². The lowest BCUT2D eigenvalue weighted by Crippen LogP contribution is -2.18. The monoisotopic (exact) mass is 316 g/mol. The summed E-state index contributed by atoms with van der Waals surface area (Å²) in [5.74, 6) is -0.150. The Balaban J connectivity index is 1.89. The second-order valence-electron chi connectivity index (χ2n) is 5.40. The Kier molecular flexibility index (Phi) is 5.72. The first-order valence-corrected chi connectivity index (χ1v) is 8.20. The molecule has 0 atom stereocenters. The van der Waals surface area contributed by atoms with Crippen molar-refractivity contribution in [2.24, 2.45) is 5.92 Å². The summed E-state index contributed by atoms with van der Waals surface area (Å²) < 4.78 is 0. The second-order valence-corrected chi connectivity index (χ2v) is 6.18. The molecule has 0 aliphatic rings. The van der Waals surface area contributed by atoms with Crippen LogP contribution in [0, 0.1) is 5.92 Å². The molecule has 116 valence electrons. The molecule has 0 unspecified atom stereocenters. The van der Waals surface area contributed by atoms with Crippen LogP contribution in [0.15, 0.2) is 41.1 Å². The quantitative estimate of drug-likeness (QED) is 0.849. The number of aryl methyl sites for hydroxylation is 1. The summed E-state index contributed by atoms with van der Waals surface area (Å²) in [4.78, 5) is 23.6. The summed E-state index contributed by atoms with van der Waals surface area (Å²) in [5.41, 5.74) is 2.56. The Morgan fingerprint density at radius 1 is 1.14 bits per heavy atom. The fourth-order valence-electron chi connectivity index (χ4n) is 1.88. The molecule has 0 bridgehead atoms. The van der Waals surface area contributed by atoms with Gasteiger partial charge in [0.05, 0.1) is 0 Å². The normalized spacial score (nSPS) is 10.5. The van der Waals surface area contributed by atoms with Crippen LogP contribution in [0.5, 0.6) is 0 Å². The van der Waals surface area contributed by atoms with Crippen LogP contribution in [0.25, 0.3) is 0 Å². The lowest BCUT2D eigenvalue weighted by molar-refractivity contribution is -0.119. The Bertz CT molecular complexity index is 636. The predicted molar refractivity (Wildman–Crippen MR) is 91.2 cm³/mol. The average Bonchev–Trinajstić information content (AvgIpc) is 2.98. The molecule has 5 heteroatoms. The molecule has 2 N–H and O–H groups in total. The average molecular weight is 316 g/mol. The van der Waals surface area contributed by atoms with Gasteiger partial charge in [-0.15, -0.1) is 0 Å². The molecule has 1 aromatic heterocycles. The topological polar surface area (TPSA) is 58.2 Å².